The average molecular weight is 745 g/mol. The van der Waals surface area contributed by atoms with E-state index in [9.17, 15) is 4.79 Å². The first-order valence-corrected chi connectivity index (χ1v) is 19.8. The molecule has 5 heterocycles. The van der Waals surface area contributed by atoms with Crippen molar-refractivity contribution in [2.24, 2.45) is 5.41 Å². The second-order valence-corrected chi connectivity index (χ2v) is 15.7. The summed E-state index contributed by atoms with van der Waals surface area (Å²) in [5.74, 6) is 1.85. The SMILES string of the molecule is CC(C)(CSCCCO)C(=O)OCCOc1ccc2c3cc4nc(cc5[nH]c(cc6nc(cc([nH]3)c2c1)-c1ccccc1-6)c1ccccc51)-c1ccccc1-4. The van der Waals surface area contributed by atoms with Gasteiger partial charge in [0.1, 0.15) is 19.0 Å². The van der Waals surface area contributed by atoms with Gasteiger partial charge in [-0.2, -0.15) is 11.8 Å². The minimum atomic E-state index is -0.630. The fraction of sp³-hybridized carbons (Fsp3) is 0.196. The standard InChI is InChI=1S/C46H40N4O4S/c1-46(2,27-55-21-9-18-51)45(52)54-20-19-53-28-16-17-35-36(22-28)44-26-42-34-15-8-7-14-33(34)40(49-42)24-38-30-11-4-3-10-29(30)37(47-38)23-39-31-12-5-6-13-32(31)41(48-39)25-43(35)50-44/h3-8,10-17,22-26,47,50-51H,9,18-21,27H2,1-2H3. The molecule has 0 amide bonds. The molecule has 8 nitrogen and oxygen atoms in total. The Morgan fingerprint density at radius 1 is 0.636 bits per heavy atom. The summed E-state index contributed by atoms with van der Waals surface area (Å²) in [5.41, 5.74) is 11.0. The summed E-state index contributed by atoms with van der Waals surface area (Å²) < 4.78 is 11.8. The number of ether oxygens (including phenoxy) is 2. The number of fused-ring (bicyclic) bond motifs is 20. The maximum Gasteiger partial charge on any atom is 0.312 e. The highest BCUT2D eigenvalue weighted by molar-refractivity contribution is 7.99. The van der Waals surface area contributed by atoms with Crippen LogP contribution < -0.4 is 4.74 Å². The Morgan fingerprint density at radius 3 is 1.62 bits per heavy atom. The van der Waals surface area contributed by atoms with Crippen LogP contribution in [0, 0.1) is 5.41 Å². The van der Waals surface area contributed by atoms with Gasteiger partial charge in [-0.1, -0.05) is 72.8 Å². The van der Waals surface area contributed by atoms with Crippen molar-refractivity contribution in [3.8, 4) is 50.8 Å². The minimum absolute atomic E-state index is 0.141. The van der Waals surface area contributed by atoms with Crippen LogP contribution >= 0.6 is 11.8 Å². The number of carbonyl (C=O) groups excluding carboxylic acids is 1. The fourth-order valence-electron chi connectivity index (χ4n) is 7.43. The number of aliphatic hydroxyl groups is 1. The van der Waals surface area contributed by atoms with Gasteiger partial charge in [0.2, 0.25) is 0 Å². The van der Waals surface area contributed by atoms with E-state index in [2.05, 4.69) is 113 Å². The van der Waals surface area contributed by atoms with Crippen LogP contribution in [0.4, 0.5) is 0 Å². The van der Waals surface area contributed by atoms with Crippen molar-refractivity contribution in [3.05, 3.63) is 115 Å². The first kappa shape index (κ1) is 34.8. The zero-order chi connectivity index (χ0) is 37.5. The van der Waals surface area contributed by atoms with Crippen LogP contribution in [-0.4, -0.2) is 62.3 Å². The van der Waals surface area contributed by atoms with Gasteiger partial charge in [0.15, 0.2) is 0 Å². The summed E-state index contributed by atoms with van der Waals surface area (Å²) in [6.45, 7) is 4.29. The molecule has 9 heteroatoms. The molecule has 4 aromatic carbocycles. The monoisotopic (exact) mass is 744 g/mol. The van der Waals surface area contributed by atoms with Crippen molar-refractivity contribution >= 4 is 61.3 Å². The second kappa shape index (κ2) is 14.4. The van der Waals surface area contributed by atoms with E-state index in [1.807, 2.05) is 26.0 Å². The van der Waals surface area contributed by atoms with Crippen LogP contribution in [0.25, 0.3) is 88.6 Å². The number of aliphatic hydroxyl groups excluding tert-OH is 1. The smallest absolute Gasteiger partial charge is 0.312 e. The molecule has 2 aliphatic heterocycles. The molecule has 2 aliphatic rings. The topological polar surface area (TPSA) is 113 Å². The summed E-state index contributed by atoms with van der Waals surface area (Å²) in [6.07, 6.45) is 0.709. The summed E-state index contributed by atoms with van der Waals surface area (Å²) in [4.78, 5) is 30.7. The number of rotatable bonds is 10. The van der Waals surface area contributed by atoms with E-state index in [1.54, 1.807) is 11.8 Å². The molecule has 0 saturated heterocycles. The molecule has 3 N–H and O–H groups in total. The molecular weight excluding hydrogens is 705 g/mol. The Kier molecular flexibility index (Phi) is 9.12. The van der Waals surface area contributed by atoms with Gasteiger partial charge >= 0.3 is 5.97 Å². The maximum atomic E-state index is 12.8. The zero-order valence-corrected chi connectivity index (χ0v) is 31.5. The molecule has 0 radical (unpaired) electrons. The number of aromatic nitrogens is 4. The molecule has 0 saturated carbocycles. The highest BCUT2D eigenvalue weighted by Gasteiger charge is 2.29. The number of nitrogens with zero attached hydrogens (tertiary/aromatic N) is 2. The van der Waals surface area contributed by atoms with Gasteiger partial charge in [0.25, 0.3) is 0 Å². The molecular formula is C46H40N4O4S. The van der Waals surface area contributed by atoms with Crippen LogP contribution in [0.2, 0.25) is 0 Å². The quantitative estimate of drug-likeness (QED) is 0.0944. The summed E-state index contributed by atoms with van der Waals surface area (Å²) in [7, 11) is 0. The number of H-pyrrole nitrogens is 2. The van der Waals surface area contributed by atoms with Crippen molar-refractivity contribution in [2.45, 2.75) is 20.3 Å². The Balaban J connectivity index is 1.16. The number of benzene rings is 4. The van der Waals surface area contributed by atoms with E-state index in [0.29, 0.717) is 17.9 Å². The van der Waals surface area contributed by atoms with Gasteiger partial charge in [0.05, 0.1) is 28.2 Å². The summed E-state index contributed by atoms with van der Waals surface area (Å²) >= 11 is 1.65. The lowest BCUT2D eigenvalue weighted by Gasteiger charge is -2.22. The van der Waals surface area contributed by atoms with E-state index in [-0.39, 0.29) is 25.8 Å². The molecule has 3 aromatic heterocycles. The molecule has 0 unspecified atom stereocenters. The molecule has 0 aliphatic carbocycles. The fourth-order valence-corrected chi connectivity index (χ4v) is 8.53. The minimum Gasteiger partial charge on any atom is -0.490 e. The van der Waals surface area contributed by atoms with Crippen molar-refractivity contribution < 1.29 is 19.4 Å². The molecule has 9 rings (SSSR count). The number of hydrogen-bond donors (Lipinski definition) is 3. The first-order valence-electron chi connectivity index (χ1n) is 18.6. The van der Waals surface area contributed by atoms with Crippen LogP contribution in [0.3, 0.4) is 0 Å². The van der Waals surface area contributed by atoms with E-state index < -0.39 is 5.41 Å². The Bertz CT molecular complexity index is 2780. The number of nitrogens with one attached hydrogen (secondary N) is 2. The van der Waals surface area contributed by atoms with Gasteiger partial charge in [-0.3, -0.25) is 4.79 Å². The Labute approximate surface area is 322 Å². The first-order chi connectivity index (χ1) is 26.9. The zero-order valence-electron chi connectivity index (χ0n) is 30.7. The lowest BCUT2D eigenvalue weighted by molar-refractivity contribution is -0.153. The Morgan fingerprint density at radius 2 is 1.11 bits per heavy atom. The molecule has 7 aromatic rings. The van der Waals surface area contributed by atoms with Crippen LogP contribution in [0.15, 0.2) is 115 Å². The molecule has 0 atom stereocenters. The van der Waals surface area contributed by atoms with Crippen LogP contribution in [-0.2, 0) is 9.53 Å². The second-order valence-electron chi connectivity index (χ2n) is 14.6. The molecule has 8 bridgehead atoms. The third kappa shape index (κ3) is 6.64. The third-order valence-corrected chi connectivity index (χ3v) is 11.7. The van der Waals surface area contributed by atoms with Crippen molar-refractivity contribution in [1.29, 1.82) is 0 Å². The predicted octanol–water partition coefficient (Wildman–Crippen LogP) is 10.4. The number of hydrogen-bond acceptors (Lipinski definition) is 7. The van der Waals surface area contributed by atoms with Crippen LogP contribution in [0.1, 0.15) is 20.3 Å². The predicted molar refractivity (Wildman–Crippen MR) is 224 cm³/mol. The van der Waals surface area contributed by atoms with Gasteiger partial charge in [-0.15, -0.1) is 0 Å². The van der Waals surface area contributed by atoms with Crippen molar-refractivity contribution in [1.82, 2.24) is 19.9 Å². The summed E-state index contributed by atoms with van der Waals surface area (Å²) in [5, 5.41) is 13.3. The number of aromatic amines is 2. The van der Waals surface area contributed by atoms with E-state index in [4.69, 9.17) is 24.5 Å². The molecule has 0 fully saturated rings. The van der Waals surface area contributed by atoms with E-state index in [0.717, 1.165) is 94.4 Å². The highest BCUT2D eigenvalue weighted by Crippen LogP contribution is 2.40. The number of carbonyl (C=O) groups is 1. The van der Waals surface area contributed by atoms with Gasteiger partial charge < -0.3 is 24.5 Å². The highest BCUT2D eigenvalue weighted by atomic mass is 32.2. The summed E-state index contributed by atoms with van der Waals surface area (Å²) in [6, 6.07) is 39.8. The van der Waals surface area contributed by atoms with Crippen molar-refractivity contribution in [2.75, 3.05) is 31.3 Å². The molecule has 274 valence electrons. The van der Waals surface area contributed by atoms with Gasteiger partial charge in [-0.05, 0) is 68.5 Å². The lowest BCUT2D eigenvalue weighted by Crippen LogP contribution is -2.30. The van der Waals surface area contributed by atoms with Gasteiger partial charge in [-0.25, -0.2) is 9.97 Å². The number of thioether (sulfide) groups is 1. The maximum absolute atomic E-state index is 12.8. The van der Waals surface area contributed by atoms with Crippen molar-refractivity contribution in [3.63, 3.8) is 0 Å². The number of esters is 1. The average Bonchev–Trinajstić information content (AvgIpc) is 3.94. The van der Waals surface area contributed by atoms with Crippen LogP contribution in [0.5, 0.6) is 5.75 Å². The van der Waals surface area contributed by atoms with Gasteiger partial charge in [0, 0.05) is 78.2 Å². The molecule has 0 spiro atoms. The molecule has 55 heavy (non-hydrogen) atoms. The van der Waals surface area contributed by atoms with E-state index >= 15 is 0 Å². The van der Waals surface area contributed by atoms with E-state index in [1.165, 1.54) is 0 Å². The Hall–Kier alpha value is -5.90. The normalized spacial score (nSPS) is 12.1. The lowest BCUT2D eigenvalue weighted by atomic mass is 9.97. The third-order valence-electron chi connectivity index (χ3n) is 10.2. The largest absolute Gasteiger partial charge is 0.490 e.